The van der Waals surface area contributed by atoms with E-state index in [4.69, 9.17) is 4.98 Å². The second-order valence-corrected chi connectivity index (χ2v) is 9.83. The number of pyridine rings is 1. The van der Waals surface area contributed by atoms with E-state index in [2.05, 4.69) is 54.9 Å². The zero-order valence-corrected chi connectivity index (χ0v) is 16.8. The van der Waals surface area contributed by atoms with E-state index < -0.39 is 0 Å². The standard InChI is InChI=1S/C24H27N3O.CH4/c1-23(2)12-18-13-24(3,14-23)15-27(18)22(28)21-6-4-5-20(26-21)16-7-8-19-17(11-16)9-10-25-19;/h4-11,18,25H,12-15H2,1-3H3;1H4/t18-,24-;/m1./s1. The van der Waals surface area contributed by atoms with E-state index in [9.17, 15) is 4.79 Å². The van der Waals surface area contributed by atoms with Crippen LogP contribution < -0.4 is 0 Å². The molecule has 3 heterocycles. The van der Waals surface area contributed by atoms with Gasteiger partial charge < -0.3 is 9.88 Å². The average molecular weight is 390 g/mol. The summed E-state index contributed by atoms with van der Waals surface area (Å²) >= 11 is 0. The summed E-state index contributed by atoms with van der Waals surface area (Å²) in [6.07, 6.45) is 5.32. The van der Waals surface area contributed by atoms with Gasteiger partial charge in [0.15, 0.2) is 0 Å². The number of nitrogens with zero attached hydrogens (tertiary/aromatic N) is 2. The van der Waals surface area contributed by atoms with Gasteiger partial charge in [-0.1, -0.05) is 40.3 Å². The Morgan fingerprint density at radius 1 is 1.14 bits per heavy atom. The normalized spacial score (nSPS) is 25.1. The number of amides is 1. The topological polar surface area (TPSA) is 49.0 Å². The molecule has 1 saturated heterocycles. The van der Waals surface area contributed by atoms with Crippen molar-refractivity contribution >= 4 is 16.8 Å². The van der Waals surface area contributed by atoms with E-state index in [0.29, 0.717) is 17.2 Å². The molecule has 152 valence electrons. The molecule has 2 fully saturated rings. The van der Waals surface area contributed by atoms with Crippen LogP contribution in [0.4, 0.5) is 0 Å². The number of carbonyl (C=O) groups is 1. The van der Waals surface area contributed by atoms with Gasteiger partial charge in [-0.2, -0.15) is 0 Å². The molecule has 4 nitrogen and oxygen atoms in total. The van der Waals surface area contributed by atoms with E-state index in [1.807, 2.05) is 24.4 Å². The second-order valence-electron chi connectivity index (χ2n) is 9.83. The summed E-state index contributed by atoms with van der Waals surface area (Å²) in [5.74, 6) is 0.0796. The van der Waals surface area contributed by atoms with Crippen LogP contribution in [-0.2, 0) is 0 Å². The van der Waals surface area contributed by atoms with Crippen molar-refractivity contribution in [3.63, 3.8) is 0 Å². The molecule has 1 aliphatic heterocycles. The number of fused-ring (bicyclic) bond motifs is 3. The van der Waals surface area contributed by atoms with Gasteiger partial charge in [-0.25, -0.2) is 4.98 Å². The van der Waals surface area contributed by atoms with Crippen LogP contribution in [0.5, 0.6) is 0 Å². The minimum absolute atomic E-state index is 0. The number of hydrogen-bond acceptors (Lipinski definition) is 2. The van der Waals surface area contributed by atoms with Crippen LogP contribution in [0.1, 0.15) is 57.9 Å². The smallest absolute Gasteiger partial charge is 0.272 e. The molecule has 5 rings (SSSR count). The molecule has 0 unspecified atom stereocenters. The summed E-state index contributed by atoms with van der Waals surface area (Å²) in [7, 11) is 0. The molecule has 1 amide bonds. The highest BCUT2D eigenvalue weighted by Crippen LogP contribution is 2.52. The van der Waals surface area contributed by atoms with E-state index in [0.717, 1.165) is 41.5 Å². The Morgan fingerprint density at radius 2 is 1.97 bits per heavy atom. The number of hydrogen-bond donors (Lipinski definition) is 1. The number of carbonyl (C=O) groups excluding carboxylic acids is 1. The fourth-order valence-electron chi connectivity index (χ4n) is 5.77. The van der Waals surface area contributed by atoms with Crippen LogP contribution in [0.15, 0.2) is 48.7 Å². The molecule has 0 radical (unpaired) electrons. The molecule has 29 heavy (non-hydrogen) atoms. The van der Waals surface area contributed by atoms with Gasteiger partial charge >= 0.3 is 0 Å². The highest BCUT2D eigenvalue weighted by atomic mass is 16.2. The van der Waals surface area contributed by atoms with Crippen molar-refractivity contribution in [3.05, 3.63) is 54.4 Å². The van der Waals surface area contributed by atoms with Gasteiger partial charge in [0.1, 0.15) is 5.69 Å². The number of rotatable bonds is 2. The maximum Gasteiger partial charge on any atom is 0.272 e. The van der Waals surface area contributed by atoms with Gasteiger partial charge in [-0.3, -0.25) is 4.79 Å². The molecule has 2 atom stereocenters. The van der Waals surface area contributed by atoms with Crippen molar-refractivity contribution < 1.29 is 4.79 Å². The first-order chi connectivity index (χ1) is 13.3. The third-order valence-corrected chi connectivity index (χ3v) is 6.49. The Labute approximate surface area is 173 Å². The van der Waals surface area contributed by atoms with E-state index in [1.165, 1.54) is 6.42 Å². The zero-order valence-electron chi connectivity index (χ0n) is 16.8. The molecule has 1 aromatic carbocycles. The third-order valence-electron chi connectivity index (χ3n) is 6.49. The lowest BCUT2D eigenvalue weighted by atomic mass is 9.65. The van der Waals surface area contributed by atoms with Gasteiger partial charge in [0.05, 0.1) is 5.69 Å². The van der Waals surface area contributed by atoms with Gasteiger partial charge in [0, 0.05) is 35.2 Å². The molecule has 0 spiro atoms. The predicted octanol–water partition coefficient (Wildman–Crippen LogP) is 5.91. The van der Waals surface area contributed by atoms with Crippen molar-refractivity contribution in [1.82, 2.24) is 14.9 Å². The minimum Gasteiger partial charge on any atom is -0.361 e. The van der Waals surface area contributed by atoms with Crippen molar-refractivity contribution in [2.75, 3.05) is 6.54 Å². The first kappa shape index (κ1) is 19.7. The summed E-state index contributed by atoms with van der Waals surface area (Å²) < 4.78 is 0. The van der Waals surface area contributed by atoms with E-state index in [1.54, 1.807) is 0 Å². The monoisotopic (exact) mass is 389 g/mol. The van der Waals surface area contributed by atoms with Gasteiger partial charge in [-0.05, 0) is 60.4 Å². The van der Waals surface area contributed by atoms with Crippen LogP contribution >= 0.6 is 0 Å². The summed E-state index contributed by atoms with van der Waals surface area (Å²) in [4.78, 5) is 23.4. The fraction of sp³-hybridized carbons (Fsp3) is 0.440. The zero-order chi connectivity index (χ0) is 19.5. The maximum absolute atomic E-state index is 13.4. The molecule has 2 aliphatic rings. The quantitative estimate of drug-likeness (QED) is 0.592. The highest BCUT2D eigenvalue weighted by molar-refractivity contribution is 5.93. The van der Waals surface area contributed by atoms with Crippen LogP contribution in [0.25, 0.3) is 22.2 Å². The first-order valence-corrected chi connectivity index (χ1v) is 10.2. The van der Waals surface area contributed by atoms with Gasteiger partial charge in [0.25, 0.3) is 5.91 Å². The number of aromatic amines is 1. The van der Waals surface area contributed by atoms with Crippen LogP contribution in [0.2, 0.25) is 0 Å². The molecule has 2 bridgehead atoms. The maximum atomic E-state index is 13.4. The van der Waals surface area contributed by atoms with E-state index in [-0.39, 0.29) is 18.7 Å². The Bertz CT molecular complexity index is 1070. The lowest BCUT2D eigenvalue weighted by molar-refractivity contribution is 0.0702. The van der Waals surface area contributed by atoms with Crippen LogP contribution in [0, 0.1) is 10.8 Å². The predicted molar refractivity (Wildman–Crippen MR) is 119 cm³/mol. The number of benzene rings is 1. The lowest BCUT2D eigenvalue weighted by Gasteiger charge is -2.39. The summed E-state index contributed by atoms with van der Waals surface area (Å²) in [5, 5.41) is 1.15. The Kier molecular flexibility index (Phi) is 4.56. The molecular formula is C25H31N3O. The Hall–Kier alpha value is -2.62. The number of H-pyrrole nitrogens is 1. The Morgan fingerprint density at radius 3 is 2.79 bits per heavy atom. The van der Waals surface area contributed by atoms with Crippen molar-refractivity contribution in [3.8, 4) is 11.3 Å². The molecule has 1 saturated carbocycles. The Balaban J connectivity index is 0.00000205. The summed E-state index contributed by atoms with van der Waals surface area (Å²) in [6, 6.07) is 14.4. The highest BCUT2D eigenvalue weighted by Gasteiger charge is 2.51. The average Bonchev–Trinajstić information content (AvgIpc) is 3.21. The number of aromatic nitrogens is 2. The molecule has 1 aliphatic carbocycles. The summed E-state index contributed by atoms with van der Waals surface area (Å²) in [6.45, 7) is 7.86. The molecule has 3 aromatic rings. The SMILES string of the molecule is C.CC1(C)C[C@@H]2C[C@@](C)(CN2C(=O)c2cccc(-c3ccc4[nH]ccc4c3)n2)C1. The lowest BCUT2D eigenvalue weighted by Crippen LogP contribution is -2.38. The van der Waals surface area contributed by atoms with Crippen molar-refractivity contribution in [2.24, 2.45) is 10.8 Å². The third kappa shape index (κ3) is 3.45. The van der Waals surface area contributed by atoms with Gasteiger partial charge in [0.2, 0.25) is 0 Å². The van der Waals surface area contributed by atoms with Crippen molar-refractivity contribution in [1.29, 1.82) is 0 Å². The van der Waals surface area contributed by atoms with E-state index >= 15 is 0 Å². The fourth-order valence-corrected chi connectivity index (χ4v) is 5.77. The number of likely N-dealkylation sites (tertiary alicyclic amines) is 1. The largest absolute Gasteiger partial charge is 0.361 e. The number of nitrogens with one attached hydrogen (secondary N) is 1. The van der Waals surface area contributed by atoms with Crippen LogP contribution in [-0.4, -0.2) is 33.4 Å². The second kappa shape index (κ2) is 6.72. The van der Waals surface area contributed by atoms with Crippen LogP contribution in [0.3, 0.4) is 0 Å². The first-order valence-electron chi connectivity index (χ1n) is 10.2. The molecular weight excluding hydrogens is 358 g/mol. The van der Waals surface area contributed by atoms with Crippen molar-refractivity contribution in [2.45, 2.75) is 53.5 Å². The van der Waals surface area contributed by atoms with Gasteiger partial charge in [-0.15, -0.1) is 0 Å². The summed E-state index contributed by atoms with van der Waals surface area (Å²) in [5.41, 5.74) is 4.09. The molecule has 1 N–H and O–H groups in total. The minimum atomic E-state index is 0. The molecule has 4 heteroatoms. The molecule has 2 aromatic heterocycles.